The van der Waals surface area contributed by atoms with E-state index in [1.165, 1.54) is 6.42 Å². The average Bonchev–Trinajstić information content (AvgIpc) is 1.89. The largest absolute Gasteiger partial charge is 0.330 e. The Kier molecular flexibility index (Phi) is 6.32. The van der Waals surface area contributed by atoms with Crippen LogP contribution in [-0.4, -0.2) is 6.54 Å². The number of unbranched alkanes of at least 4 members (excludes halogenated alkanes) is 1. The van der Waals surface area contributed by atoms with Crippen molar-refractivity contribution in [3.05, 3.63) is 0 Å². The minimum Gasteiger partial charge on any atom is -0.330 e. The molecule has 0 aliphatic heterocycles. The number of terminal acetylenes is 1. The Labute approximate surface area is 64.0 Å². The second-order valence-corrected chi connectivity index (χ2v) is 2.78. The van der Waals surface area contributed by atoms with Gasteiger partial charge in [-0.2, -0.15) is 0 Å². The molecule has 0 radical (unpaired) electrons. The summed E-state index contributed by atoms with van der Waals surface area (Å²) in [5.41, 5.74) is 5.39. The summed E-state index contributed by atoms with van der Waals surface area (Å²) in [6.45, 7) is 3.03. The molecule has 0 aromatic rings. The lowest BCUT2D eigenvalue weighted by molar-refractivity contribution is 0.485. The Morgan fingerprint density at radius 1 is 1.50 bits per heavy atom. The van der Waals surface area contributed by atoms with Gasteiger partial charge in [0.2, 0.25) is 0 Å². The van der Waals surface area contributed by atoms with Gasteiger partial charge in [0.05, 0.1) is 0 Å². The highest BCUT2D eigenvalue weighted by Gasteiger charge is 1.98. The molecule has 0 fully saturated rings. The van der Waals surface area contributed by atoms with Gasteiger partial charge in [-0.3, -0.25) is 0 Å². The van der Waals surface area contributed by atoms with E-state index in [4.69, 9.17) is 12.2 Å². The van der Waals surface area contributed by atoms with Gasteiger partial charge in [0.25, 0.3) is 0 Å². The lowest BCUT2D eigenvalue weighted by Gasteiger charge is -2.06. The first-order chi connectivity index (χ1) is 4.81. The monoisotopic (exact) mass is 139 g/mol. The molecule has 58 valence electrons. The van der Waals surface area contributed by atoms with Crippen molar-refractivity contribution >= 4 is 0 Å². The maximum atomic E-state index is 5.39. The molecule has 0 rings (SSSR count). The van der Waals surface area contributed by atoms with E-state index in [0.717, 1.165) is 31.7 Å². The lowest BCUT2D eigenvalue weighted by atomic mass is 10.0. The second kappa shape index (κ2) is 6.64. The maximum absolute atomic E-state index is 5.39. The third-order valence-corrected chi connectivity index (χ3v) is 1.68. The Morgan fingerprint density at radius 3 is 2.70 bits per heavy atom. The van der Waals surface area contributed by atoms with Crippen LogP contribution in [-0.2, 0) is 0 Å². The lowest BCUT2D eigenvalue weighted by Crippen LogP contribution is -2.05. The predicted octanol–water partition coefficient (Wildman–Crippen LogP) is 1.77. The first-order valence-corrected chi connectivity index (χ1v) is 3.94. The molecule has 0 aromatic heterocycles. The highest BCUT2D eigenvalue weighted by Crippen LogP contribution is 2.09. The molecule has 0 aliphatic carbocycles. The van der Waals surface area contributed by atoms with Gasteiger partial charge in [-0.05, 0) is 31.7 Å². The smallest absolute Gasteiger partial charge is 0.00861 e. The molecule has 2 N–H and O–H groups in total. The van der Waals surface area contributed by atoms with Crippen LogP contribution in [0.2, 0.25) is 0 Å². The number of hydrogen-bond donors (Lipinski definition) is 1. The van der Waals surface area contributed by atoms with Crippen molar-refractivity contribution in [2.24, 2.45) is 11.7 Å². The summed E-state index contributed by atoms with van der Waals surface area (Å²) in [6, 6.07) is 0. The van der Waals surface area contributed by atoms with Crippen LogP contribution in [0.25, 0.3) is 0 Å². The van der Waals surface area contributed by atoms with Crippen LogP contribution in [0.5, 0.6) is 0 Å². The predicted molar refractivity (Wildman–Crippen MR) is 45.5 cm³/mol. The van der Waals surface area contributed by atoms with E-state index in [0.29, 0.717) is 0 Å². The van der Waals surface area contributed by atoms with Crippen molar-refractivity contribution in [3.63, 3.8) is 0 Å². The molecular weight excluding hydrogens is 122 g/mol. The minimum atomic E-state index is 0.748. The van der Waals surface area contributed by atoms with Gasteiger partial charge in [0.1, 0.15) is 0 Å². The standard InChI is InChI=1S/C9H17N/c1-3-4-5-6-9(2)7-8-10/h1,9H,4-8,10H2,2H3. The molecule has 1 unspecified atom stereocenters. The van der Waals surface area contributed by atoms with E-state index in [1.807, 2.05) is 0 Å². The van der Waals surface area contributed by atoms with E-state index in [1.54, 1.807) is 0 Å². The molecule has 0 aliphatic rings. The summed E-state index contributed by atoms with van der Waals surface area (Å²) in [4.78, 5) is 0. The Bertz CT molecular complexity index is 102. The van der Waals surface area contributed by atoms with E-state index in [2.05, 4.69) is 12.8 Å². The van der Waals surface area contributed by atoms with E-state index < -0.39 is 0 Å². The normalized spacial score (nSPS) is 12.5. The molecule has 0 amide bonds. The Morgan fingerprint density at radius 2 is 2.20 bits per heavy atom. The average molecular weight is 139 g/mol. The molecular formula is C9H17N. The molecule has 0 heterocycles. The van der Waals surface area contributed by atoms with Crippen LogP contribution < -0.4 is 5.73 Å². The summed E-state index contributed by atoms with van der Waals surface area (Å²) in [6.07, 6.45) is 9.53. The zero-order chi connectivity index (χ0) is 7.82. The molecule has 0 bridgehead atoms. The highest BCUT2D eigenvalue weighted by atomic mass is 14.5. The molecule has 1 atom stereocenters. The van der Waals surface area contributed by atoms with E-state index >= 15 is 0 Å². The number of rotatable bonds is 5. The molecule has 0 aromatic carbocycles. The summed E-state index contributed by atoms with van der Waals surface area (Å²) >= 11 is 0. The van der Waals surface area contributed by atoms with E-state index in [9.17, 15) is 0 Å². The van der Waals surface area contributed by atoms with Crippen LogP contribution in [0.3, 0.4) is 0 Å². The van der Waals surface area contributed by atoms with Crippen LogP contribution in [0, 0.1) is 18.3 Å². The number of nitrogens with two attached hydrogens (primary N) is 1. The first kappa shape index (κ1) is 9.52. The fourth-order valence-corrected chi connectivity index (χ4v) is 0.981. The summed E-state index contributed by atoms with van der Waals surface area (Å²) in [5, 5.41) is 0. The van der Waals surface area contributed by atoms with Crippen molar-refractivity contribution < 1.29 is 0 Å². The van der Waals surface area contributed by atoms with Crippen LogP contribution in [0.1, 0.15) is 32.6 Å². The second-order valence-electron chi connectivity index (χ2n) is 2.78. The molecule has 1 heteroatoms. The van der Waals surface area contributed by atoms with Gasteiger partial charge in [-0.1, -0.05) is 6.92 Å². The molecule has 0 saturated heterocycles. The maximum Gasteiger partial charge on any atom is 0.00861 e. The van der Waals surface area contributed by atoms with Gasteiger partial charge in [0.15, 0.2) is 0 Å². The van der Waals surface area contributed by atoms with Crippen molar-refractivity contribution in [1.82, 2.24) is 0 Å². The Hall–Kier alpha value is -0.480. The van der Waals surface area contributed by atoms with Crippen molar-refractivity contribution in [2.75, 3.05) is 6.54 Å². The zero-order valence-corrected chi connectivity index (χ0v) is 6.77. The van der Waals surface area contributed by atoms with Crippen molar-refractivity contribution in [1.29, 1.82) is 0 Å². The van der Waals surface area contributed by atoms with Crippen LogP contribution >= 0.6 is 0 Å². The van der Waals surface area contributed by atoms with Gasteiger partial charge in [-0.15, -0.1) is 12.3 Å². The van der Waals surface area contributed by atoms with Gasteiger partial charge >= 0.3 is 0 Å². The van der Waals surface area contributed by atoms with Crippen LogP contribution in [0.15, 0.2) is 0 Å². The molecule has 1 nitrogen and oxygen atoms in total. The summed E-state index contributed by atoms with van der Waals surface area (Å²) in [5.74, 6) is 3.38. The quantitative estimate of drug-likeness (QED) is 0.456. The molecule has 10 heavy (non-hydrogen) atoms. The zero-order valence-electron chi connectivity index (χ0n) is 6.77. The highest BCUT2D eigenvalue weighted by molar-refractivity contribution is 4.83. The van der Waals surface area contributed by atoms with Gasteiger partial charge < -0.3 is 5.73 Å². The van der Waals surface area contributed by atoms with Crippen molar-refractivity contribution in [2.45, 2.75) is 32.6 Å². The fourth-order valence-electron chi connectivity index (χ4n) is 0.981. The van der Waals surface area contributed by atoms with Gasteiger partial charge in [-0.25, -0.2) is 0 Å². The topological polar surface area (TPSA) is 26.0 Å². The third-order valence-electron chi connectivity index (χ3n) is 1.68. The van der Waals surface area contributed by atoms with Crippen LogP contribution in [0.4, 0.5) is 0 Å². The minimum absolute atomic E-state index is 0.748. The summed E-state index contributed by atoms with van der Waals surface area (Å²) in [7, 11) is 0. The molecule has 0 saturated carbocycles. The first-order valence-electron chi connectivity index (χ1n) is 3.94. The number of hydrogen-bond acceptors (Lipinski definition) is 1. The fraction of sp³-hybridized carbons (Fsp3) is 0.778. The Balaban J connectivity index is 3.06. The van der Waals surface area contributed by atoms with Crippen molar-refractivity contribution in [3.8, 4) is 12.3 Å². The van der Waals surface area contributed by atoms with E-state index in [-0.39, 0.29) is 0 Å². The SMILES string of the molecule is C#CCCCC(C)CCN. The molecule has 0 spiro atoms. The van der Waals surface area contributed by atoms with Gasteiger partial charge in [0, 0.05) is 6.42 Å². The summed E-state index contributed by atoms with van der Waals surface area (Å²) < 4.78 is 0. The third kappa shape index (κ3) is 5.65.